The molecule has 1 atom stereocenters. The molecule has 7 heteroatoms. The first-order chi connectivity index (χ1) is 7.54. The number of ether oxygens (including phenoxy) is 1. The van der Waals surface area contributed by atoms with Crippen molar-refractivity contribution in [1.82, 2.24) is 9.97 Å². The van der Waals surface area contributed by atoms with Crippen LogP contribution >= 0.6 is 0 Å². The zero-order valence-electron chi connectivity index (χ0n) is 9.23. The van der Waals surface area contributed by atoms with Crippen LogP contribution in [-0.2, 0) is 4.79 Å². The van der Waals surface area contributed by atoms with Crippen LogP contribution in [0.15, 0.2) is 6.33 Å². The van der Waals surface area contributed by atoms with E-state index in [1.807, 2.05) is 0 Å². The van der Waals surface area contributed by atoms with Gasteiger partial charge in [-0.1, -0.05) is 0 Å². The summed E-state index contributed by atoms with van der Waals surface area (Å²) in [7, 11) is 1.47. The third-order valence-corrected chi connectivity index (χ3v) is 1.93. The summed E-state index contributed by atoms with van der Waals surface area (Å²) in [6.07, 6.45) is 1.53. The highest BCUT2D eigenvalue weighted by molar-refractivity contribution is 5.75. The molecule has 1 aromatic rings. The molecule has 0 bridgehead atoms. The summed E-state index contributed by atoms with van der Waals surface area (Å²) in [5.74, 6) is 0.337. The monoisotopic (exact) mass is 225 g/mol. The number of primary amides is 1. The molecular weight excluding hydrogens is 210 g/mol. The molecule has 0 saturated heterocycles. The van der Waals surface area contributed by atoms with Gasteiger partial charge in [0, 0.05) is 12.5 Å². The van der Waals surface area contributed by atoms with Gasteiger partial charge in [-0.15, -0.1) is 0 Å². The highest BCUT2D eigenvalue weighted by Gasteiger charge is 2.12. The van der Waals surface area contributed by atoms with Crippen LogP contribution in [-0.4, -0.2) is 29.0 Å². The predicted octanol–water partition coefficient (Wildman–Crippen LogP) is -0.257. The van der Waals surface area contributed by atoms with Crippen LogP contribution in [0.5, 0.6) is 5.88 Å². The third kappa shape index (κ3) is 2.97. The second kappa shape index (κ2) is 5.15. The number of nitrogens with zero attached hydrogens (tertiary/aromatic N) is 2. The number of hydrogen-bond acceptors (Lipinski definition) is 6. The third-order valence-electron chi connectivity index (χ3n) is 1.93. The summed E-state index contributed by atoms with van der Waals surface area (Å²) in [5.41, 5.74) is 11.1. The highest BCUT2D eigenvalue weighted by atomic mass is 16.5. The molecule has 7 nitrogen and oxygen atoms in total. The van der Waals surface area contributed by atoms with E-state index in [2.05, 4.69) is 15.3 Å². The number of nitrogen functional groups attached to an aromatic ring is 1. The van der Waals surface area contributed by atoms with Crippen LogP contribution in [0.2, 0.25) is 0 Å². The van der Waals surface area contributed by atoms with E-state index in [9.17, 15) is 4.79 Å². The van der Waals surface area contributed by atoms with Crippen LogP contribution in [0.3, 0.4) is 0 Å². The minimum atomic E-state index is -0.389. The minimum Gasteiger partial charge on any atom is -0.479 e. The Morgan fingerprint density at radius 2 is 2.31 bits per heavy atom. The van der Waals surface area contributed by atoms with Gasteiger partial charge in [-0.05, 0) is 6.92 Å². The van der Waals surface area contributed by atoms with E-state index >= 15 is 0 Å². The molecule has 5 N–H and O–H groups in total. The van der Waals surface area contributed by atoms with Crippen LogP contribution in [0.1, 0.15) is 13.3 Å². The quantitative estimate of drug-likeness (QED) is 0.636. The van der Waals surface area contributed by atoms with Gasteiger partial charge in [0.15, 0.2) is 5.82 Å². The number of nitrogens with one attached hydrogen (secondary N) is 1. The second-order valence-electron chi connectivity index (χ2n) is 3.36. The number of methoxy groups -OCH3 is 1. The molecule has 0 aromatic carbocycles. The lowest BCUT2D eigenvalue weighted by molar-refractivity contribution is -0.118. The van der Waals surface area contributed by atoms with Crippen molar-refractivity contribution < 1.29 is 9.53 Å². The Morgan fingerprint density at radius 3 is 2.88 bits per heavy atom. The summed E-state index contributed by atoms with van der Waals surface area (Å²) in [4.78, 5) is 18.5. The second-order valence-corrected chi connectivity index (χ2v) is 3.36. The van der Waals surface area contributed by atoms with E-state index in [0.717, 1.165) is 0 Å². The Kier molecular flexibility index (Phi) is 3.87. The van der Waals surface area contributed by atoms with Gasteiger partial charge in [0.1, 0.15) is 12.0 Å². The van der Waals surface area contributed by atoms with Gasteiger partial charge < -0.3 is 21.5 Å². The van der Waals surface area contributed by atoms with Crippen LogP contribution in [0.25, 0.3) is 0 Å². The Balaban J connectivity index is 2.77. The number of carbonyl (C=O) groups excluding carboxylic acids is 1. The fourth-order valence-electron chi connectivity index (χ4n) is 1.24. The van der Waals surface area contributed by atoms with Gasteiger partial charge in [0.25, 0.3) is 0 Å². The lowest BCUT2D eigenvalue weighted by Gasteiger charge is -2.14. The zero-order chi connectivity index (χ0) is 12.1. The fraction of sp³-hybridized carbons (Fsp3) is 0.444. The van der Waals surface area contributed by atoms with Crippen molar-refractivity contribution in [1.29, 1.82) is 0 Å². The molecule has 1 unspecified atom stereocenters. The van der Waals surface area contributed by atoms with Gasteiger partial charge >= 0.3 is 0 Å². The first-order valence-corrected chi connectivity index (χ1v) is 4.74. The molecule has 1 rings (SSSR count). The van der Waals surface area contributed by atoms with Gasteiger partial charge in [-0.3, -0.25) is 4.79 Å². The maximum Gasteiger partial charge on any atom is 0.242 e. The van der Waals surface area contributed by atoms with Crippen molar-refractivity contribution in [2.75, 3.05) is 18.2 Å². The molecule has 0 aliphatic rings. The standard InChI is InChI=1S/C9H15N5O2/c1-5(3-6(10)15)14-8-7(11)9(16-2)13-4-12-8/h4-5H,3,11H2,1-2H3,(H2,10,15)(H,12,13,14). The molecular formula is C9H15N5O2. The van der Waals surface area contributed by atoms with Crippen molar-refractivity contribution in [2.45, 2.75) is 19.4 Å². The first-order valence-electron chi connectivity index (χ1n) is 4.74. The lowest BCUT2D eigenvalue weighted by atomic mass is 10.2. The van der Waals surface area contributed by atoms with Crippen LogP contribution < -0.4 is 21.5 Å². The van der Waals surface area contributed by atoms with E-state index < -0.39 is 0 Å². The molecule has 0 fully saturated rings. The zero-order valence-corrected chi connectivity index (χ0v) is 9.23. The average Bonchev–Trinajstić information content (AvgIpc) is 2.20. The Morgan fingerprint density at radius 1 is 1.62 bits per heavy atom. The Bertz CT molecular complexity index is 382. The molecule has 88 valence electrons. The Labute approximate surface area is 93.2 Å². The molecule has 0 spiro atoms. The average molecular weight is 225 g/mol. The van der Waals surface area contributed by atoms with E-state index in [1.54, 1.807) is 6.92 Å². The van der Waals surface area contributed by atoms with E-state index in [4.69, 9.17) is 16.2 Å². The predicted molar refractivity (Wildman–Crippen MR) is 59.9 cm³/mol. The number of rotatable bonds is 5. The molecule has 1 amide bonds. The number of amides is 1. The maximum absolute atomic E-state index is 10.7. The van der Waals surface area contributed by atoms with Crippen molar-refractivity contribution in [3.05, 3.63) is 6.33 Å². The van der Waals surface area contributed by atoms with E-state index in [1.165, 1.54) is 13.4 Å². The van der Waals surface area contributed by atoms with Crippen molar-refractivity contribution in [3.63, 3.8) is 0 Å². The minimum absolute atomic E-state index is 0.153. The topological polar surface area (TPSA) is 116 Å². The summed E-state index contributed by atoms with van der Waals surface area (Å²) in [6, 6.07) is -0.153. The molecule has 1 heterocycles. The molecule has 0 aliphatic carbocycles. The lowest BCUT2D eigenvalue weighted by Crippen LogP contribution is -2.25. The van der Waals surface area contributed by atoms with E-state index in [-0.39, 0.29) is 18.4 Å². The van der Waals surface area contributed by atoms with Crippen molar-refractivity contribution in [2.24, 2.45) is 5.73 Å². The molecule has 1 aromatic heterocycles. The van der Waals surface area contributed by atoms with Gasteiger partial charge in [0.05, 0.1) is 7.11 Å². The number of anilines is 2. The molecule has 0 aliphatic heterocycles. The Hall–Kier alpha value is -2.05. The van der Waals surface area contributed by atoms with Crippen molar-refractivity contribution >= 4 is 17.4 Å². The number of carbonyl (C=O) groups is 1. The largest absolute Gasteiger partial charge is 0.479 e. The van der Waals surface area contributed by atoms with Crippen LogP contribution in [0.4, 0.5) is 11.5 Å². The van der Waals surface area contributed by atoms with Gasteiger partial charge in [-0.2, -0.15) is 4.98 Å². The SMILES string of the molecule is COc1ncnc(NC(C)CC(N)=O)c1N. The summed E-state index contributed by atoms with van der Waals surface area (Å²) < 4.78 is 4.94. The molecule has 0 radical (unpaired) electrons. The summed E-state index contributed by atoms with van der Waals surface area (Å²) in [5, 5.41) is 2.96. The highest BCUT2D eigenvalue weighted by Crippen LogP contribution is 2.24. The first kappa shape index (κ1) is 12.0. The smallest absolute Gasteiger partial charge is 0.242 e. The molecule has 16 heavy (non-hydrogen) atoms. The number of hydrogen-bond donors (Lipinski definition) is 3. The molecule has 0 saturated carbocycles. The summed E-state index contributed by atoms with van der Waals surface area (Å²) >= 11 is 0. The normalized spacial score (nSPS) is 11.9. The van der Waals surface area contributed by atoms with Gasteiger partial charge in [-0.25, -0.2) is 4.98 Å². The van der Waals surface area contributed by atoms with Crippen LogP contribution in [0, 0.1) is 0 Å². The fourth-order valence-corrected chi connectivity index (χ4v) is 1.24. The number of aromatic nitrogens is 2. The van der Waals surface area contributed by atoms with Gasteiger partial charge in [0.2, 0.25) is 11.8 Å². The van der Waals surface area contributed by atoms with Crippen molar-refractivity contribution in [3.8, 4) is 5.88 Å². The summed E-state index contributed by atoms with van der Waals surface area (Å²) in [6.45, 7) is 1.80. The maximum atomic E-state index is 10.7. The van der Waals surface area contributed by atoms with E-state index in [0.29, 0.717) is 17.4 Å². The number of nitrogens with two attached hydrogens (primary N) is 2.